The molecule has 7 heteroatoms. The molecule has 0 saturated carbocycles. The Balaban J connectivity index is 2.37. The summed E-state index contributed by atoms with van der Waals surface area (Å²) in [5, 5.41) is 12.4. The number of para-hydroxylation sites is 3. The van der Waals surface area contributed by atoms with Crippen LogP contribution in [-0.2, 0) is 0 Å². The van der Waals surface area contributed by atoms with Gasteiger partial charge in [-0.25, -0.2) is 4.79 Å². The first kappa shape index (κ1) is 13.9. The van der Waals surface area contributed by atoms with E-state index in [-0.39, 0.29) is 27.8 Å². The van der Waals surface area contributed by atoms with E-state index in [2.05, 4.69) is 0 Å². The fourth-order valence-corrected chi connectivity index (χ4v) is 2.20. The largest absolute Gasteiger partial charge is 0.805 e. The van der Waals surface area contributed by atoms with Crippen LogP contribution in [0.25, 0.3) is 22.1 Å². The van der Waals surface area contributed by atoms with Crippen LogP contribution in [0.4, 0.5) is 4.79 Å². The monoisotopic (exact) mass is 299 g/mol. The minimum atomic E-state index is -0.627. The van der Waals surface area contributed by atoms with Gasteiger partial charge in [0.15, 0.2) is 0 Å². The summed E-state index contributed by atoms with van der Waals surface area (Å²) in [7, 11) is 3.06. The second kappa shape index (κ2) is 5.03. The van der Waals surface area contributed by atoms with Gasteiger partial charge in [-0.05, 0) is 18.2 Å². The zero-order chi connectivity index (χ0) is 15.9. The Morgan fingerprint density at radius 1 is 1.14 bits per heavy atom. The Bertz CT molecular complexity index is 947. The van der Waals surface area contributed by atoms with Crippen molar-refractivity contribution >= 4 is 28.2 Å². The molecule has 1 heterocycles. The third-order valence-corrected chi connectivity index (χ3v) is 3.28. The highest BCUT2D eigenvalue weighted by atomic mass is 16.6. The SMILES string of the molecule is CN(C)C(=O)Oc1cccc2c1[n+](=O)c1ccccc1n2[O-]. The molecule has 0 radical (unpaired) electrons. The fourth-order valence-electron chi connectivity index (χ4n) is 2.20. The topological polar surface area (TPSA) is 80.5 Å². The lowest BCUT2D eigenvalue weighted by atomic mass is 10.2. The zero-order valence-corrected chi connectivity index (χ0v) is 12.0. The van der Waals surface area contributed by atoms with Gasteiger partial charge in [0.05, 0.1) is 4.43 Å². The van der Waals surface area contributed by atoms with Gasteiger partial charge in [-0.1, -0.05) is 18.2 Å². The molecule has 0 aliphatic rings. The number of hydrogen-bond donors (Lipinski definition) is 0. The lowest BCUT2D eigenvalue weighted by Gasteiger charge is -2.15. The first-order valence-electron chi connectivity index (χ1n) is 6.56. The summed E-state index contributed by atoms with van der Waals surface area (Å²) in [6, 6.07) is 11.0. The molecular formula is C15H13N3O4. The highest BCUT2D eigenvalue weighted by Crippen LogP contribution is 2.25. The third kappa shape index (κ3) is 2.03. The molecule has 0 aliphatic heterocycles. The molecule has 1 amide bonds. The van der Waals surface area contributed by atoms with Crippen LogP contribution in [0.1, 0.15) is 0 Å². The second-order valence-corrected chi connectivity index (χ2v) is 4.96. The summed E-state index contributed by atoms with van der Waals surface area (Å²) in [5.41, 5.74) is 0.614. The maximum atomic E-state index is 12.6. The summed E-state index contributed by atoms with van der Waals surface area (Å²) < 4.78 is 6.46. The molecule has 1 aromatic heterocycles. The molecule has 3 aromatic rings. The molecule has 0 unspecified atom stereocenters. The summed E-state index contributed by atoms with van der Waals surface area (Å²) in [6.45, 7) is 0. The fraction of sp³-hybridized carbons (Fsp3) is 0.133. The number of rotatable bonds is 1. The molecule has 7 nitrogen and oxygen atoms in total. The lowest BCUT2D eigenvalue weighted by Crippen LogP contribution is -2.27. The molecule has 0 bridgehead atoms. The van der Waals surface area contributed by atoms with E-state index in [0.717, 1.165) is 0 Å². The predicted molar refractivity (Wildman–Crippen MR) is 81.3 cm³/mol. The number of benzene rings is 2. The quantitative estimate of drug-likeness (QED) is 0.509. The highest BCUT2D eigenvalue weighted by Gasteiger charge is 2.22. The molecule has 22 heavy (non-hydrogen) atoms. The van der Waals surface area contributed by atoms with Crippen molar-refractivity contribution in [3.05, 3.63) is 52.6 Å². The third-order valence-electron chi connectivity index (χ3n) is 3.28. The van der Waals surface area contributed by atoms with E-state index in [1.54, 1.807) is 30.3 Å². The maximum absolute atomic E-state index is 12.6. The van der Waals surface area contributed by atoms with Crippen LogP contribution in [0, 0.1) is 10.1 Å². The number of carbonyl (C=O) groups excluding carboxylic acids is 1. The molecule has 0 N–H and O–H groups in total. The number of fused-ring (bicyclic) bond motifs is 2. The van der Waals surface area contributed by atoms with Crippen LogP contribution >= 0.6 is 0 Å². The average Bonchev–Trinajstić information content (AvgIpc) is 2.52. The van der Waals surface area contributed by atoms with Crippen molar-refractivity contribution in [1.82, 2.24) is 9.63 Å². The van der Waals surface area contributed by atoms with E-state index < -0.39 is 6.09 Å². The average molecular weight is 299 g/mol. The van der Waals surface area contributed by atoms with Crippen molar-refractivity contribution in [2.75, 3.05) is 14.1 Å². The van der Waals surface area contributed by atoms with Gasteiger partial charge >= 0.3 is 11.6 Å². The van der Waals surface area contributed by atoms with Gasteiger partial charge in [0, 0.05) is 25.1 Å². The molecule has 2 aromatic carbocycles. The molecule has 3 rings (SSSR count). The van der Waals surface area contributed by atoms with E-state index in [1.165, 1.54) is 31.1 Å². The van der Waals surface area contributed by atoms with Crippen LogP contribution < -0.4 is 9.16 Å². The smallest absolute Gasteiger partial charge is 0.414 e. The number of ether oxygens (including phenoxy) is 1. The Labute approximate surface area is 125 Å². The summed E-state index contributed by atoms with van der Waals surface area (Å²) >= 11 is 0. The summed E-state index contributed by atoms with van der Waals surface area (Å²) in [6.07, 6.45) is -0.627. The number of carbonyl (C=O) groups is 1. The van der Waals surface area contributed by atoms with E-state index in [1.807, 2.05) is 0 Å². The van der Waals surface area contributed by atoms with Crippen LogP contribution in [0.2, 0.25) is 0 Å². The van der Waals surface area contributed by atoms with Crippen LogP contribution in [-0.4, -0.2) is 29.8 Å². The van der Waals surface area contributed by atoms with Gasteiger partial charge in [0.2, 0.25) is 5.75 Å². The number of nitrogens with zero attached hydrogens (tertiary/aromatic N) is 3. The first-order valence-corrected chi connectivity index (χ1v) is 6.56. The standard InChI is InChI=1S/C15H13N3O4/c1-16(2)15(19)22-13-9-5-8-12-14(13)18(21)11-7-4-3-6-10(11)17(12)20/h3-9H,1-2H3. The molecule has 112 valence electrons. The van der Waals surface area contributed by atoms with Crippen LogP contribution in [0.5, 0.6) is 5.75 Å². The number of aromatic nitrogens is 2. The lowest BCUT2D eigenvalue weighted by molar-refractivity contribution is -0.433. The molecule has 0 saturated heterocycles. The van der Waals surface area contributed by atoms with E-state index >= 15 is 0 Å². The second-order valence-electron chi connectivity index (χ2n) is 4.96. The Hall–Kier alpha value is -3.09. The normalized spacial score (nSPS) is 10.8. The zero-order valence-electron chi connectivity index (χ0n) is 12.0. The van der Waals surface area contributed by atoms with Crippen LogP contribution in [0.3, 0.4) is 0 Å². The van der Waals surface area contributed by atoms with Crippen molar-refractivity contribution in [1.29, 1.82) is 0 Å². The van der Waals surface area contributed by atoms with Crippen molar-refractivity contribution < 1.29 is 14.0 Å². The summed E-state index contributed by atoms with van der Waals surface area (Å²) in [5.74, 6) is 0.0431. The van der Waals surface area contributed by atoms with E-state index in [0.29, 0.717) is 9.16 Å². The predicted octanol–water partition coefficient (Wildman–Crippen LogP) is 2.12. The van der Waals surface area contributed by atoms with Gasteiger partial charge in [-0.15, -0.1) is 0 Å². The van der Waals surface area contributed by atoms with Gasteiger partial charge in [-0.2, -0.15) is 0 Å². The van der Waals surface area contributed by atoms with Gasteiger partial charge < -0.3 is 19.6 Å². The van der Waals surface area contributed by atoms with Crippen LogP contribution in [0.15, 0.2) is 42.5 Å². The highest BCUT2D eigenvalue weighted by molar-refractivity contribution is 5.88. The van der Waals surface area contributed by atoms with Crippen molar-refractivity contribution in [3.63, 3.8) is 0 Å². The van der Waals surface area contributed by atoms with Gasteiger partial charge in [0.25, 0.3) is 5.52 Å². The maximum Gasteiger partial charge on any atom is 0.414 e. The van der Waals surface area contributed by atoms with Crippen molar-refractivity contribution in [3.8, 4) is 5.75 Å². The van der Waals surface area contributed by atoms with E-state index in [9.17, 15) is 14.9 Å². The molecule has 0 atom stereocenters. The first-order chi connectivity index (χ1) is 10.5. The molecule has 0 fully saturated rings. The van der Waals surface area contributed by atoms with E-state index in [4.69, 9.17) is 4.74 Å². The van der Waals surface area contributed by atoms with Gasteiger partial charge in [-0.3, -0.25) is 0 Å². The molecule has 0 spiro atoms. The molecule has 0 aliphatic carbocycles. The Morgan fingerprint density at radius 2 is 1.82 bits per heavy atom. The molecular weight excluding hydrogens is 286 g/mol. The summed E-state index contributed by atoms with van der Waals surface area (Å²) in [4.78, 5) is 25.5. The minimum Gasteiger partial charge on any atom is -0.805 e. The van der Waals surface area contributed by atoms with Crippen molar-refractivity contribution in [2.24, 2.45) is 0 Å². The Morgan fingerprint density at radius 3 is 2.55 bits per heavy atom. The van der Waals surface area contributed by atoms with Crippen molar-refractivity contribution in [2.45, 2.75) is 0 Å². The number of hydrogen-bond acceptors (Lipinski definition) is 4. The van der Waals surface area contributed by atoms with Gasteiger partial charge in [0.1, 0.15) is 11.0 Å². The Kier molecular flexibility index (Phi) is 3.17. The minimum absolute atomic E-state index is 0.0198. The number of amides is 1.